The summed E-state index contributed by atoms with van der Waals surface area (Å²) in [6.07, 6.45) is 2.95. The van der Waals surface area contributed by atoms with Crippen LogP contribution < -0.4 is 9.47 Å². The Kier molecular flexibility index (Phi) is 42.6. The zero-order valence-corrected chi connectivity index (χ0v) is 75.6. The van der Waals surface area contributed by atoms with Crippen LogP contribution in [0.2, 0.25) is 72.5 Å². The van der Waals surface area contributed by atoms with Crippen LogP contribution in [0.5, 0.6) is 28.7 Å². The Morgan fingerprint density at radius 1 is 0.505 bits per heavy atom. The van der Waals surface area contributed by atoms with Crippen LogP contribution in [0.15, 0.2) is 97.1 Å². The zero-order valence-electron chi connectivity index (χ0n) is 68.1. The first kappa shape index (κ1) is 98.9. The number of benzene rings is 5. The van der Waals surface area contributed by atoms with E-state index in [2.05, 4.69) is 160 Å². The van der Waals surface area contributed by atoms with Crippen molar-refractivity contribution in [2.75, 3.05) is 41.0 Å². The summed E-state index contributed by atoms with van der Waals surface area (Å²) in [5, 5.41) is 41.5. The number of carbonyl (C=O) groups is 2. The molecule has 0 unspecified atom stereocenters. The van der Waals surface area contributed by atoms with E-state index in [0.29, 0.717) is 80.7 Å². The number of phenols is 3. The Bertz CT molecular complexity index is 3310. The van der Waals surface area contributed by atoms with E-state index in [-0.39, 0.29) is 81.6 Å². The van der Waals surface area contributed by atoms with Crippen molar-refractivity contribution in [3.63, 3.8) is 0 Å². The molecule has 1 heterocycles. The maximum Gasteiger partial charge on any atom is 0.342 e. The van der Waals surface area contributed by atoms with Crippen LogP contribution in [0.1, 0.15) is 210 Å². The first-order valence-corrected chi connectivity index (χ1v) is 48.8. The molecule has 0 saturated heterocycles. The number of fused-ring (bicyclic) bond motifs is 1. The maximum atomic E-state index is 12.4. The number of aliphatic hydroxyl groups is 1. The van der Waals surface area contributed by atoms with Gasteiger partial charge in [-0.25, -0.2) is 9.59 Å². The molecule has 0 atom stereocenters. The summed E-state index contributed by atoms with van der Waals surface area (Å²) in [5.41, 5.74) is 5.59. The van der Waals surface area contributed by atoms with E-state index in [1.807, 2.05) is 91.0 Å². The van der Waals surface area contributed by atoms with E-state index in [1.165, 1.54) is 13.2 Å². The molecule has 1 aliphatic rings. The van der Waals surface area contributed by atoms with Gasteiger partial charge in [-0.05, 0) is 176 Å². The second-order valence-electron chi connectivity index (χ2n) is 31.3. The van der Waals surface area contributed by atoms with Gasteiger partial charge in [0.05, 0.1) is 57.5 Å². The number of halogens is 1. The molecule has 103 heavy (non-hydrogen) atoms. The van der Waals surface area contributed by atoms with Gasteiger partial charge in [-0.3, -0.25) is 4.93 Å². The van der Waals surface area contributed by atoms with Crippen molar-refractivity contribution in [1.82, 2.24) is 0 Å². The smallest absolute Gasteiger partial charge is 0.342 e. The van der Waals surface area contributed by atoms with Crippen LogP contribution in [0.3, 0.4) is 0 Å². The Balaban J connectivity index is 0.00000126. The molecule has 23 heteroatoms. The van der Waals surface area contributed by atoms with Gasteiger partial charge in [0.1, 0.15) is 39.9 Å². The second-order valence-corrected chi connectivity index (χ2v) is 50.6. The largest absolute Gasteiger partial charge is 0.508 e. The Morgan fingerprint density at radius 2 is 0.883 bits per heavy atom. The fraction of sp³-hybridized carbons (Fsp3) is 0.588. The minimum atomic E-state index is -1.92. The van der Waals surface area contributed by atoms with Crippen molar-refractivity contribution in [2.45, 2.75) is 267 Å². The van der Waals surface area contributed by atoms with Crippen molar-refractivity contribution in [1.29, 1.82) is 0 Å². The van der Waals surface area contributed by atoms with Crippen molar-refractivity contribution in [3.8, 4) is 28.7 Å². The summed E-state index contributed by atoms with van der Waals surface area (Å²) < 4.78 is 61.7. The van der Waals surface area contributed by atoms with Crippen LogP contribution in [-0.4, -0.2) is 107 Å². The van der Waals surface area contributed by atoms with Crippen LogP contribution in [0, 0.1) is 4.93 Å². The van der Waals surface area contributed by atoms with Crippen LogP contribution in [0.25, 0.3) is 0 Å². The fourth-order valence-electron chi connectivity index (χ4n) is 9.45. The van der Waals surface area contributed by atoms with Crippen molar-refractivity contribution in [2.24, 2.45) is 0 Å². The van der Waals surface area contributed by atoms with Crippen molar-refractivity contribution in [3.05, 3.63) is 152 Å². The molecular weight excluding hydrogens is 1520 g/mol. The average molecular weight is 1660 g/mol. The third-order valence-corrected chi connectivity index (χ3v) is 38.3. The number of aromatic hydroxyl groups is 3. The Labute approximate surface area is 651 Å². The molecule has 0 aliphatic carbocycles. The van der Waals surface area contributed by atoms with Gasteiger partial charge in [-0.2, -0.15) is 0 Å². The second kappa shape index (κ2) is 44.4. The molecule has 0 fully saturated rings. The molecule has 1 radical (unpaired) electrons. The standard InChI is InChI=1S/C18H30O5Si.C18H32O3Si.C16H26O4Si.C15H26O3Si.C12H16O2.CH2I.V/c1-8-21-17(19)16-14(10-9-11-15(16)22-13-20-5)12-23-24(6,7)18(2,3)4;1-8-18(20,9-2)16-14(11-10-12-15(16)19)13-21-22(6,7)17(3,4)5;1-7-19-15(18)14-12(9-8-10-13(14)17)11-20-21(5,6)16(2,3)4;1-15(2,3)19(5,6)18-11-13-8-7-9-14(10-13)17-12-16-4;1-3-12(4-2)11-9(8-14-12)6-5-7-10(11)13;1-2;/h9-11H,8,12-13H2,1-7H3;10-12,19-20H,8-9,13H2,1-7H3;8-10,17H,7,11H2,1-6H3;7-10H,11-12H2,1-6H3;5-7,13H,3-4,8H2,1-2H3;1H2;/q;;;;;-1;. The number of hydrogen-bond acceptors (Lipinski definition) is 17. The predicted molar refractivity (Wildman–Crippen MR) is 433 cm³/mol. The third-order valence-electron chi connectivity index (χ3n) is 20.4. The van der Waals surface area contributed by atoms with Crippen LogP contribution in [-0.2, 0) is 104 Å². The number of esters is 2. The summed E-state index contributed by atoms with van der Waals surface area (Å²) in [7, 11) is -4.25. The predicted octanol–water partition coefficient (Wildman–Crippen LogP) is 21.7. The van der Waals surface area contributed by atoms with E-state index in [4.69, 9.17) is 50.9 Å². The maximum absolute atomic E-state index is 12.4. The molecule has 6 rings (SSSR count). The molecular formula is C80H132IO17Si4V-. The van der Waals surface area contributed by atoms with Gasteiger partial charge in [0.15, 0.2) is 46.9 Å². The Hall–Kier alpha value is -4.10. The number of phenolic OH excluding ortho intramolecular Hbond substituents is 3. The number of carbonyl (C=O) groups excluding carboxylic acids is 2. The molecule has 5 aromatic carbocycles. The minimum absolute atomic E-state index is 0. The van der Waals surface area contributed by atoms with Gasteiger partial charge >= 0.3 is 11.9 Å². The van der Waals surface area contributed by atoms with Gasteiger partial charge in [0.25, 0.3) is 0 Å². The molecule has 4 N–H and O–H groups in total. The van der Waals surface area contributed by atoms with Gasteiger partial charge in [0.2, 0.25) is 0 Å². The van der Waals surface area contributed by atoms with E-state index in [0.717, 1.165) is 46.4 Å². The molecule has 5 aromatic rings. The molecule has 0 amide bonds. The first-order chi connectivity index (χ1) is 47.2. The normalized spacial score (nSPS) is 13.0. The van der Waals surface area contributed by atoms with E-state index in [1.54, 1.807) is 51.3 Å². The third kappa shape index (κ3) is 29.8. The van der Waals surface area contributed by atoms with Crippen LogP contribution in [0.4, 0.5) is 0 Å². The molecule has 0 spiro atoms. The minimum Gasteiger partial charge on any atom is -0.508 e. The summed E-state index contributed by atoms with van der Waals surface area (Å²) in [6.45, 7) is 58.9. The van der Waals surface area contributed by atoms with Gasteiger partial charge < -0.3 is 93.9 Å². The van der Waals surface area contributed by atoms with Gasteiger partial charge in [-0.15, -0.1) is 0 Å². The molecule has 17 nitrogen and oxygen atoms in total. The van der Waals surface area contributed by atoms with Gasteiger partial charge in [0, 0.05) is 43.9 Å². The fourth-order valence-corrected chi connectivity index (χ4v) is 13.3. The van der Waals surface area contributed by atoms with E-state index in [9.17, 15) is 30.0 Å². The summed E-state index contributed by atoms with van der Waals surface area (Å²) in [6, 6.07) is 29.5. The zero-order chi connectivity index (χ0) is 78.5. The van der Waals surface area contributed by atoms with E-state index < -0.39 is 50.8 Å². The number of rotatable bonds is 27. The quantitative estimate of drug-likeness (QED) is 0.0126. The summed E-state index contributed by atoms with van der Waals surface area (Å²) in [4.78, 5) is 27.6. The van der Waals surface area contributed by atoms with E-state index >= 15 is 0 Å². The SMILES string of the molecule is CCC(O)(CC)c1c(O)cccc1CO[Si](C)(C)C(C)(C)C.CCC1(CC)OCc2cccc(O)c21.CCOC(=O)c1c(CO[Si](C)(C)C(C)(C)C)cccc1OCOC.CCOC(=O)c1c(O)cccc1CO[Si](C)(C)C(C)(C)C.COCOc1cccc(CO[Si](C)(C)C(C)(C)C)c1.[CH2-]I.[V]. The first-order valence-electron chi connectivity index (χ1n) is 35.6. The molecule has 0 bridgehead atoms. The monoisotopic (exact) mass is 1650 g/mol. The molecule has 583 valence electrons. The number of ether oxygens (including phenoxy) is 7. The Morgan fingerprint density at radius 3 is 1.32 bits per heavy atom. The van der Waals surface area contributed by atoms with Gasteiger partial charge in [-0.1, -0.05) is 171 Å². The number of methoxy groups -OCH3 is 2. The summed E-state index contributed by atoms with van der Waals surface area (Å²) in [5.74, 6) is 0.822. The molecule has 1 aliphatic heterocycles. The van der Waals surface area contributed by atoms with Crippen molar-refractivity contribution < 1.29 is 99.4 Å². The summed E-state index contributed by atoms with van der Waals surface area (Å²) >= 11 is 1.90. The average Bonchev–Trinajstić information content (AvgIpc) is 1.61. The topological polar surface area (TPSA) is 217 Å². The molecule has 0 saturated carbocycles. The van der Waals surface area contributed by atoms with Crippen LogP contribution >= 0.6 is 22.6 Å². The van der Waals surface area contributed by atoms with Crippen molar-refractivity contribution >= 4 is 67.8 Å². The number of hydrogen-bond donors (Lipinski definition) is 4. The molecule has 0 aromatic heterocycles.